The van der Waals surface area contributed by atoms with E-state index in [4.69, 9.17) is 5.73 Å². The van der Waals surface area contributed by atoms with Crippen molar-refractivity contribution in [1.82, 2.24) is 15.1 Å². The molecular formula is C12H21N5O. The first-order valence-corrected chi connectivity index (χ1v) is 6.25. The molecule has 2 rings (SSSR count). The van der Waals surface area contributed by atoms with Crippen molar-refractivity contribution in [1.29, 1.82) is 0 Å². The van der Waals surface area contributed by atoms with Crippen LogP contribution in [0.2, 0.25) is 0 Å². The molecule has 1 amide bonds. The molecule has 0 aromatic carbocycles. The highest BCUT2D eigenvalue weighted by atomic mass is 16.1. The SMILES string of the molecule is Cc1nn(C)c(N2CC(C)NCC2C)c1C(N)=O. The van der Waals surface area contributed by atoms with Gasteiger partial charge in [0.05, 0.1) is 5.69 Å². The van der Waals surface area contributed by atoms with Crippen molar-refractivity contribution in [2.24, 2.45) is 12.8 Å². The molecule has 0 radical (unpaired) electrons. The molecule has 1 aromatic rings. The van der Waals surface area contributed by atoms with Gasteiger partial charge in [0.15, 0.2) is 0 Å². The lowest BCUT2D eigenvalue weighted by Gasteiger charge is -2.39. The van der Waals surface area contributed by atoms with E-state index in [2.05, 4.69) is 29.2 Å². The zero-order valence-corrected chi connectivity index (χ0v) is 11.4. The Morgan fingerprint density at radius 3 is 2.78 bits per heavy atom. The highest BCUT2D eigenvalue weighted by Gasteiger charge is 2.29. The van der Waals surface area contributed by atoms with E-state index in [0.29, 0.717) is 23.3 Å². The van der Waals surface area contributed by atoms with Crippen LogP contribution in [-0.2, 0) is 7.05 Å². The van der Waals surface area contributed by atoms with Crippen LogP contribution in [0.3, 0.4) is 0 Å². The summed E-state index contributed by atoms with van der Waals surface area (Å²) in [4.78, 5) is 13.8. The van der Waals surface area contributed by atoms with Crippen molar-refractivity contribution in [2.45, 2.75) is 32.9 Å². The number of hydrogen-bond acceptors (Lipinski definition) is 4. The van der Waals surface area contributed by atoms with Gasteiger partial charge >= 0.3 is 0 Å². The molecule has 0 bridgehead atoms. The molecule has 1 aromatic heterocycles. The topological polar surface area (TPSA) is 76.2 Å². The van der Waals surface area contributed by atoms with E-state index in [1.165, 1.54) is 0 Å². The van der Waals surface area contributed by atoms with Crippen molar-refractivity contribution in [3.8, 4) is 0 Å². The Bertz CT molecular complexity index is 467. The molecule has 6 nitrogen and oxygen atoms in total. The van der Waals surface area contributed by atoms with Gasteiger partial charge in [-0.3, -0.25) is 9.48 Å². The number of nitrogens with zero attached hydrogens (tertiary/aromatic N) is 3. The van der Waals surface area contributed by atoms with E-state index in [9.17, 15) is 4.79 Å². The molecule has 6 heteroatoms. The maximum Gasteiger partial charge on any atom is 0.254 e. The first-order chi connectivity index (χ1) is 8.41. The van der Waals surface area contributed by atoms with Crippen LogP contribution in [0.15, 0.2) is 0 Å². The van der Waals surface area contributed by atoms with Crippen LogP contribution in [0.4, 0.5) is 5.82 Å². The molecule has 3 N–H and O–H groups in total. The highest BCUT2D eigenvalue weighted by Crippen LogP contribution is 2.26. The highest BCUT2D eigenvalue weighted by molar-refractivity contribution is 5.99. The van der Waals surface area contributed by atoms with Crippen molar-refractivity contribution in [3.05, 3.63) is 11.3 Å². The Kier molecular flexibility index (Phi) is 3.30. The molecule has 1 aliphatic rings. The lowest BCUT2D eigenvalue weighted by molar-refractivity contribution is 0.1000. The number of carbonyl (C=O) groups is 1. The average molecular weight is 251 g/mol. The normalized spacial score (nSPS) is 24.3. The summed E-state index contributed by atoms with van der Waals surface area (Å²) in [6, 6.07) is 0.700. The molecule has 18 heavy (non-hydrogen) atoms. The molecule has 1 aliphatic heterocycles. The fourth-order valence-electron chi connectivity index (χ4n) is 2.58. The summed E-state index contributed by atoms with van der Waals surface area (Å²) in [5.41, 5.74) is 6.71. The van der Waals surface area contributed by atoms with Gasteiger partial charge in [-0.05, 0) is 20.8 Å². The van der Waals surface area contributed by atoms with E-state index >= 15 is 0 Å². The maximum atomic E-state index is 11.6. The third-order valence-corrected chi connectivity index (χ3v) is 3.47. The molecule has 0 aliphatic carbocycles. The van der Waals surface area contributed by atoms with Crippen molar-refractivity contribution < 1.29 is 4.79 Å². The third kappa shape index (κ3) is 2.08. The zero-order valence-electron chi connectivity index (χ0n) is 11.4. The van der Waals surface area contributed by atoms with Gasteiger partial charge in [0.1, 0.15) is 11.4 Å². The number of amides is 1. The Labute approximate surface area is 107 Å². The Hall–Kier alpha value is -1.56. The summed E-state index contributed by atoms with van der Waals surface area (Å²) in [6.45, 7) is 7.82. The number of aromatic nitrogens is 2. The van der Waals surface area contributed by atoms with Gasteiger partial charge in [-0.15, -0.1) is 0 Å². The average Bonchev–Trinajstić information content (AvgIpc) is 2.57. The molecule has 2 unspecified atom stereocenters. The second-order valence-corrected chi connectivity index (χ2v) is 5.08. The number of carbonyl (C=O) groups excluding carboxylic acids is 1. The second-order valence-electron chi connectivity index (χ2n) is 5.08. The van der Waals surface area contributed by atoms with Crippen molar-refractivity contribution in [2.75, 3.05) is 18.0 Å². The van der Waals surface area contributed by atoms with Gasteiger partial charge in [-0.2, -0.15) is 5.10 Å². The first kappa shape index (κ1) is 12.9. The molecule has 0 spiro atoms. The smallest absolute Gasteiger partial charge is 0.254 e. The Morgan fingerprint density at radius 2 is 2.17 bits per heavy atom. The Morgan fingerprint density at radius 1 is 1.50 bits per heavy atom. The van der Waals surface area contributed by atoms with Gasteiger partial charge in [-0.25, -0.2) is 0 Å². The number of rotatable bonds is 2. The van der Waals surface area contributed by atoms with E-state index in [-0.39, 0.29) is 0 Å². The van der Waals surface area contributed by atoms with E-state index in [1.807, 2.05) is 14.0 Å². The largest absolute Gasteiger partial charge is 0.365 e. The van der Waals surface area contributed by atoms with Gasteiger partial charge in [0.2, 0.25) is 0 Å². The number of anilines is 1. The minimum absolute atomic E-state index is 0.314. The standard InChI is InChI=1S/C12H21N5O/c1-7-6-17(8(2)5-14-7)12-10(11(13)18)9(3)15-16(12)4/h7-8,14H,5-6H2,1-4H3,(H2,13,18). The molecule has 1 saturated heterocycles. The van der Waals surface area contributed by atoms with Crippen LogP contribution in [0, 0.1) is 6.92 Å². The fraction of sp³-hybridized carbons (Fsp3) is 0.667. The van der Waals surface area contributed by atoms with Gasteiger partial charge < -0.3 is 16.0 Å². The second kappa shape index (κ2) is 4.61. The molecule has 2 heterocycles. The van der Waals surface area contributed by atoms with Gasteiger partial charge in [0, 0.05) is 32.2 Å². The molecule has 1 fully saturated rings. The molecule has 2 atom stereocenters. The minimum atomic E-state index is -0.408. The number of piperazine rings is 1. The summed E-state index contributed by atoms with van der Waals surface area (Å²) in [6.07, 6.45) is 0. The number of aryl methyl sites for hydroxylation is 2. The zero-order chi connectivity index (χ0) is 13.4. The maximum absolute atomic E-state index is 11.6. The minimum Gasteiger partial charge on any atom is -0.365 e. The van der Waals surface area contributed by atoms with E-state index in [0.717, 1.165) is 18.9 Å². The number of primary amides is 1. The van der Waals surface area contributed by atoms with Crippen LogP contribution in [0.1, 0.15) is 29.9 Å². The van der Waals surface area contributed by atoms with Crippen LogP contribution < -0.4 is 16.0 Å². The number of nitrogens with two attached hydrogens (primary N) is 1. The van der Waals surface area contributed by atoms with Crippen molar-refractivity contribution in [3.63, 3.8) is 0 Å². The number of hydrogen-bond donors (Lipinski definition) is 2. The summed E-state index contributed by atoms with van der Waals surface area (Å²) in [5.74, 6) is 0.426. The molecule has 0 saturated carbocycles. The van der Waals surface area contributed by atoms with Crippen LogP contribution in [0.25, 0.3) is 0 Å². The third-order valence-electron chi connectivity index (χ3n) is 3.47. The van der Waals surface area contributed by atoms with Gasteiger partial charge in [-0.1, -0.05) is 0 Å². The van der Waals surface area contributed by atoms with Crippen LogP contribution >= 0.6 is 0 Å². The Balaban J connectivity index is 2.46. The molecule has 100 valence electrons. The quantitative estimate of drug-likeness (QED) is 0.776. The fourth-order valence-corrected chi connectivity index (χ4v) is 2.58. The predicted molar refractivity (Wildman–Crippen MR) is 70.7 cm³/mol. The van der Waals surface area contributed by atoms with E-state index < -0.39 is 5.91 Å². The summed E-state index contributed by atoms with van der Waals surface area (Å²) in [7, 11) is 1.86. The summed E-state index contributed by atoms with van der Waals surface area (Å²) in [5, 5.41) is 7.74. The van der Waals surface area contributed by atoms with Crippen molar-refractivity contribution >= 4 is 11.7 Å². The lowest BCUT2D eigenvalue weighted by Crippen LogP contribution is -2.55. The van der Waals surface area contributed by atoms with Crippen LogP contribution in [0.5, 0.6) is 0 Å². The van der Waals surface area contributed by atoms with Crippen LogP contribution in [-0.4, -0.2) is 40.9 Å². The molecular weight excluding hydrogens is 230 g/mol. The number of nitrogens with one attached hydrogen (secondary N) is 1. The predicted octanol–water partition coefficient (Wildman–Crippen LogP) is 0.0140. The summed E-state index contributed by atoms with van der Waals surface area (Å²) >= 11 is 0. The van der Waals surface area contributed by atoms with Gasteiger partial charge in [0.25, 0.3) is 5.91 Å². The van der Waals surface area contributed by atoms with E-state index in [1.54, 1.807) is 4.68 Å². The lowest BCUT2D eigenvalue weighted by atomic mass is 10.1. The first-order valence-electron chi connectivity index (χ1n) is 6.25. The summed E-state index contributed by atoms with van der Waals surface area (Å²) < 4.78 is 1.75. The monoisotopic (exact) mass is 251 g/mol.